The van der Waals surface area contributed by atoms with Crippen LogP contribution in [0.25, 0.3) is 22.0 Å². The van der Waals surface area contributed by atoms with E-state index in [1.165, 1.54) is 5.39 Å². The van der Waals surface area contributed by atoms with Crippen LogP contribution in [0.2, 0.25) is 5.02 Å². The molecule has 82 valence electrons. The topological polar surface area (TPSA) is 12.9 Å². The number of aromatic nitrogens is 1. The zero-order chi connectivity index (χ0) is 11.7. The molecule has 0 unspecified atom stereocenters. The molecule has 0 radical (unpaired) electrons. The van der Waals surface area contributed by atoms with E-state index in [-0.39, 0.29) is 0 Å². The molecule has 0 saturated heterocycles. The average molecular weight is 240 g/mol. The number of hydrogen-bond donors (Lipinski definition) is 0. The van der Waals surface area contributed by atoms with Crippen molar-refractivity contribution in [2.75, 3.05) is 0 Å². The standard InChI is InChI=1S/C15H10ClN/c16-14-7-5-11(6-8-14)15-9-12-3-1-2-4-13(12)10-17-15/h1-10H. The lowest BCUT2D eigenvalue weighted by atomic mass is 10.1. The first-order chi connectivity index (χ1) is 8.33. The number of rotatable bonds is 1. The molecule has 0 fully saturated rings. The first-order valence-corrected chi connectivity index (χ1v) is 5.81. The largest absolute Gasteiger partial charge is 0.256 e. The number of pyridine rings is 1. The summed E-state index contributed by atoms with van der Waals surface area (Å²) in [4.78, 5) is 4.46. The van der Waals surface area contributed by atoms with E-state index in [0.717, 1.165) is 21.7 Å². The highest BCUT2D eigenvalue weighted by Gasteiger charge is 2.00. The molecule has 3 aromatic rings. The fraction of sp³-hybridized carbons (Fsp3) is 0. The Morgan fingerprint density at radius 3 is 2.29 bits per heavy atom. The maximum atomic E-state index is 5.87. The van der Waals surface area contributed by atoms with E-state index in [1.807, 2.05) is 42.6 Å². The second kappa shape index (κ2) is 4.19. The summed E-state index contributed by atoms with van der Waals surface area (Å²) in [6, 6.07) is 18.0. The third-order valence-corrected chi connectivity index (χ3v) is 3.02. The van der Waals surface area contributed by atoms with Crippen LogP contribution in [0.3, 0.4) is 0 Å². The molecule has 2 heteroatoms. The van der Waals surface area contributed by atoms with Gasteiger partial charge in [0.1, 0.15) is 0 Å². The zero-order valence-corrected chi connectivity index (χ0v) is 9.85. The van der Waals surface area contributed by atoms with Crippen LogP contribution in [0, 0.1) is 0 Å². The molecule has 1 nitrogen and oxygen atoms in total. The van der Waals surface area contributed by atoms with Crippen molar-refractivity contribution in [3.8, 4) is 11.3 Å². The molecule has 0 saturated carbocycles. The quantitative estimate of drug-likeness (QED) is 0.607. The van der Waals surface area contributed by atoms with E-state index in [0.29, 0.717) is 0 Å². The Balaban J connectivity index is 2.14. The van der Waals surface area contributed by atoms with E-state index in [1.54, 1.807) is 0 Å². The Kier molecular flexibility index (Phi) is 2.54. The van der Waals surface area contributed by atoms with Crippen LogP contribution in [0.15, 0.2) is 60.8 Å². The highest BCUT2D eigenvalue weighted by atomic mass is 35.5. The van der Waals surface area contributed by atoms with Gasteiger partial charge in [0.15, 0.2) is 0 Å². The zero-order valence-electron chi connectivity index (χ0n) is 9.10. The van der Waals surface area contributed by atoms with Crippen molar-refractivity contribution in [2.45, 2.75) is 0 Å². The second-order valence-corrected chi connectivity index (χ2v) is 4.36. The van der Waals surface area contributed by atoms with Crippen molar-refractivity contribution in [1.82, 2.24) is 4.98 Å². The summed E-state index contributed by atoms with van der Waals surface area (Å²) in [6.45, 7) is 0. The van der Waals surface area contributed by atoms with Crippen LogP contribution in [-0.2, 0) is 0 Å². The summed E-state index contributed by atoms with van der Waals surface area (Å²) >= 11 is 5.87. The number of hydrogen-bond acceptors (Lipinski definition) is 1. The van der Waals surface area contributed by atoms with Gasteiger partial charge >= 0.3 is 0 Å². The van der Waals surface area contributed by atoms with E-state index >= 15 is 0 Å². The summed E-state index contributed by atoms with van der Waals surface area (Å²) in [5.74, 6) is 0. The molecule has 2 aromatic carbocycles. The molecule has 17 heavy (non-hydrogen) atoms. The molecular formula is C15H10ClN. The molecule has 0 spiro atoms. The predicted octanol–water partition coefficient (Wildman–Crippen LogP) is 4.56. The predicted molar refractivity (Wildman–Crippen MR) is 72.2 cm³/mol. The molecule has 1 heterocycles. The lowest BCUT2D eigenvalue weighted by Gasteiger charge is -2.03. The fourth-order valence-corrected chi connectivity index (χ4v) is 1.99. The van der Waals surface area contributed by atoms with Crippen LogP contribution < -0.4 is 0 Å². The monoisotopic (exact) mass is 239 g/mol. The Bertz CT molecular complexity index is 659. The molecule has 0 aliphatic rings. The van der Waals surface area contributed by atoms with Crippen molar-refractivity contribution in [3.05, 3.63) is 65.8 Å². The Hall–Kier alpha value is -1.86. The van der Waals surface area contributed by atoms with Crippen molar-refractivity contribution in [2.24, 2.45) is 0 Å². The van der Waals surface area contributed by atoms with Crippen LogP contribution in [0.4, 0.5) is 0 Å². The van der Waals surface area contributed by atoms with E-state index in [9.17, 15) is 0 Å². The lowest BCUT2D eigenvalue weighted by molar-refractivity contribution is 1.36. The van der Waals surface area contributed by atoms with Crippen molar-refractivity contribution in [3.63, 3.8) is 0 Å². The maximum absolute atomic E-state index is 5.87. The minimum atomic E-state index is 0.745. The second-order valence-electron chi connectivity index (χ2n) is 3.92. The Morgan fingerprint density at radius 1 is 0.824 bits per heavy atom. The third kappa shape index (κ3) is 2.02. The van der Waals surface area contributed by atoms with Gasteiger partial charge in [-0.3, -0.25) is 4.98 Å². The van der Waals surface area contributed by atoms with Gasteiger partial charge in [-0.2, -0.15) is 0 Å². The lowest BCUT2D eigenvalue weighted by Crippen LogP contribution is -1.83. The Labute approximate surface area is 105 Å². The molecule has 1 aromatic heterocycles. The van der Waals surface area contributed by atoms with Gasteiger partial charge in [0.05, 0.1) is 5.69 Å². The summed E-state index contributed by atoms with van der Waals surface area (Å²) in [5, 5.41) is 3.10. The summed E-state index contributed by atoms with van der Waals surface area (Å²) in [7, 11) is 0. The highest BCUT2D eigenvalue weighted by Crippen LogP contribution is 2.23. The SMILES string of the molecule is Clc1ccc(-c2cc3ccccc3cn2)cc1. The smallest absolute Gasteiger partial charge is 0.0708 e. The van der Waals surface area contributed by atoms with Gasteiger partial charge in [-0.1, -0.05) is 48.0 Å². The van der Waals surface area contributed by atoms with Gasteiger partial charge in [-0.25, -0.2) is 0 Å². The Morgan fingerprint density at radius 2 is 1.53 bits per heavy atom. The van der Waals surface area contributed by atoms with Crippen LogP contribution in [-0.4, -0.2) is 4.98 Å². The first kappa shape index (κ1) is 10.3. The van der Waals surface area contributed by atoms with Crippen LogP contribution >= 0.6 is 11.6 Å². The minimum absolute atomic E-state index is 0.745. The molecule has 0 bridgehead atoms. The van der Waals surface area contributed by atoms with Crippen molar-refractivity contribution in [1.29, 1.82) is 0 Å². The number of benzene rings is 2. The molecule has 0 aliphatic carbocycles. The molecule has 0 N–H and O–H groups in total. The number of halogens is 1. The molecule has 0 atom stereocenters. The van der Waals surface area contributed by atoms with Crippen molar-refractivity contribution >= 4 is 22.4 Å². The summed E-state index contributed by atoms with van der Waals surface area (Å²) in [6.07, 6.45) is 1.90. The normalized spacial score (nSPS) is 10.6. The van der Waals surface area contributed by atoms with Crippen LogP contribution in [0.1, 0.15) is 0 Å². The summed E-state index contributed by atoms with van der Waals surface area (Å²) < 4.78 is 0. The fourth-order valence-electron chi connectivity index (χ4n) is 1.86. The average Bonchev–Trinajstić information content (AvgIpc) is 2.39. The number of nitrogens with zero attached hydrogens (tertiary/aromatic N) is 1. The van der Waals surface area contributed by atoms with Gasteiger partial charge in [-0.15, -0.1) is 0 Å². The highest BCUT2D eigenvalue weighted by molar-refractivity contribution is 6.30. The molecule has 0 aliphatic heterocycles. The van der Waals surface area contributed by atoms with E-state index in [4.69, 9.17) is 11.6 Å². The van der Waals surface area contributed by atoms with Gasteiger partial charge < -0.3 is 0 Å². The summed E-state index contributed by atoms with van der Waals surface area (Å²) in [5.41, 5.74) is 2.06. The van der Waals surface area contributed by atoms with Gasteiger partial charge in [0, 0.05) is 22.2 Å². The minimum Gasteiger partial charge on any atom is -0.256 e. The number of fused-ring (bicyclic) bond motifs is 1. The third-order valence-electron chi connectivity index (χ3n) is 2.77. The van der Waals surface area contributed by atoms with Crippen molar-refractivity contribution < 1.29 is 0 Å². The van der Waals surface area contributed by atoms with Crippen LogP contribution in [0.5, 0.6) is 0 Å². The van der Waals surface area contributed by atoms with E-state index < -0.39 is 0 Å². The van der Waals surface area contributed by atoms with Gasteiger partial charge in [0.2, 0.25) is 0 Å². The molecule has 0 amide bonds. The van der Waals surface area contributed by atoms with E-state index in [2.05, 4.69) is 23.2 Å². The molecule has 3 rings (SSSR count). The van der Waals surface area contributed by atoms with Gasteiger partial charge in [0.25, 0.3) is 0 Å². The first-order valence-electron chi connectivity index (χ1n) is 5.44. The maximum Gasteiger partial charge on any atom is 0.0708 e. The molecular weight excluding hydrogens is 230 g/mol. The van der Waals surface area contributed by atoms with Gasteiger partial charge in [-0.05, 0) is 23.6 Å².